The van der Waals surface area contributed by atoms with Crippen LogP contribution in [0.25, 0.3) is 11.4 Å². The zero-order valence-corrected chi connectivity index (χ0v) is 16.4. The molecule has 4 rings (SSSR count). The molecule has 1 amide bonds. The lowest BCUT2D eigenvalue weighted by molar-refractivity contribution is 0.0546. The van der Waals surface area contributed by atoms with Gasteiger partial charge in [-0.05, 0) is 31.0 Å². The molecule has 0 saturated carbocycles. The third-order valence-corrected chi connectivity index (χ3v) is 5.08. The van der Waals surface area contributed by atoms with Gasteiger partial charge in [-0.1, -0.05) is 0 Å². The van der Waals surface area contributed by atoms with E-state index in [-0.39, 0.29) is 17.5 Å². The summed E-state index contributed by atoms with van der Waals surface area (Å²) < 4.78 is 26.0. The van der Waals surface area contributed by atoms with Gasteiger partial charge in [0, 0.05) is 56.3 Å². The first-order valence-corrected chi connectivity index (χ1v) is 9.65. The van der Waals surface area contributed by atoms with E-state index in [1.165, 1.54) is 6.07 Å². The molecule has 0 bridgehead atoms. The Bertz CT molecular complexity index is 1030. The molecule has 3 aromatic heterocycles. The molecule has 30 heavy (non-hydrogen) atoms. The van der Waals surface area contributed by atoms with Crippen LogP contribution >= 0.6 is 0 Å². The summed E-state index contributed by atoms with van der Waals surface area (Å²) in [4.78, 5) is 27.8. The number of carbonyl (C=O) groups is 1. The molecular weight excluding hydrogens is 392 g/mol. The number of nitrogens with zero attached hydrogens (tertiary/aromatic N) is 6. The van der Waals surface area contributed by atoms with Gasteiger partial charge < -0.3 is 10.2 Å². The van der Waals surface area contributed by atoms with Crippen molar-refractivity contribution in [2.75, 3.05) is 25.5 Å². The zero-order chi connectivity index (χ0) is 21.1. The molecule has 0 unspecified atom stereocenters. The van der Waals surface area contributed by atoms with E-state index in [4.69, 9.17) is 4.98 Å². The molecule has 1 N–H and O–H groups in total. The first kappa shape index (κ1) is 19.9. The van der Waals surface area contributed by atoms with Crippen LogP contribution in [0.3, 0.4) is 0 Å². The molecular formula is C20H21F2N7O. The van der Waals surface area contributed by atoms with Crippen LogP contribution in [-0.2, 0) is 0 Å². The second-order valence-electron chi connectivity index (χ2n) is 7.04. The maximum absolute atomic E-state index is 12.8. The minimum absolute atomic E-state index is 0.00501. The minimum atomic E-state index is -2.77. The van der Waals surface area contributed by atoms with Crippen LogP contribution in [0.15, 0.2) is 42.9 Å². The number of likely N-dealkylation sites (tertiary alicyclic amines) is 1. The fraction of sp³-hybridized carbons (Fsp3) is 0.350. The molecule has 1 aliphatic rings. The Morgan fingerprint density at radius 3 is 2.87 bits per heavy atom. The van der Waals surface area contributed by atoms with Crippen molar-refractivity contribution >= 4 is 11.7 Å². The summed E-state index contributed by atoms with van der Waals surface area (Å²) in [5.74, 6) is 0.891. The highest BCUT2D eigenvalue weighted by Crippen LogP contribution is 2.29. The van der Waals surface area contributed by atoms with Crippen molar-refractivity contribution in [2.24, 2.45) is 0 Å². The maximum atomic E-state index is 12.8. The third-order valence-electron chi connectivity index (χ3n) is 5.08. The van der Waals surface area contributed by atoms with Crippen molar-refractivity contribution in [2.45, 2.75) is 25.3 Å². The van der Waals surface area contributed by atoms with Crippen molar-refractivity contribution in [1.82, 2.24) is 29.6 Å². The van der Waals surface area contributed by atoms with E-state index in [0.29, 0.717) is 29.4 Å². The predicted octanol–water partition coefficient (Wildman–Crippen LogP) is 3.19. The maximum Gasteiger partial charge on any atom is 0.333 e. The van der Waals surface area contributed by atoms with E-state index in [1.54, 1.807) is 24.3 Å². The number of anilines is 1. The van der Waals surface area contributed by atoms with Gasteiger partial charge in [0.05, 0.1) is 5.69 Å². The third kappa shape index (κ3) is 4.12. The number of amides is 1. The largest absolute Gasteiger partial charge is 0.373 e. The van der Waals surface area contributed by atoms with Gasteiger partial charge in [0.2, 0.25) is 0 Å². The standard InChI is InChI=1S/C20H21F2N7O/c1-23-17-10-16(25-18(26-17)13-4-2-7-24-11-13)14-5-3-8-28(12-14)19(30)15-6-9-29(27-15)20(21)22/h2,4,6-7,9-11,14,20H,3,5,8,12H2,1H3,(H,23,25,26)/t14-/m1/s1. The summed E-state index contributed by atoms with van der Waals surface area (Å²) >= 11 is 0. The number of alkyl halides is 2. The number of carbonyl (C=O) groups excluding carboxylic acids is 1. The molecule has 0 spiro atoms. The number of pyridine rings is 1. The summed E-state index contributed by atoms with van der Waals surface area (Å²) in [5, 5.41) is 6.75. The van der Waals surface area contributed by atoms with Crippen molar-refractivity contribution in [1.29, 1.82) is 0 Å². The first-order chi connectivity index (χ1) is 14.5. The van der Waals surface area contributed by atoms with Gasteiger partial charge in [-0.15, -0.1) is 0 Å². The fourth-order valence-electron chi connectivity index (χ4n) is 3.55. The number of aromatic nitrogens is 5. The van der Waals surface area contributed by atoms with E-state index >= 15 is 0 Å². The Balaban J connectivity index is 1.57. The second kappa shape index (κ2) is 8.52. The van der Waals surface area contributed by atoms with Crippen LogP contribution in [0.5, 0.6) is 0 Å². The Kier molecular flexibility index (Phi) is 5.64. The molecule has 1 aliphatic heterocycles. The summed E-state index contributed by atoms with van der Waals surface area (Å²) in [7, 11) is 1.79. The van der Waals surface area contributed by atoms with Crippen LogP contribution in [0.2, 0.25) is 0 Å². The van der Waals surface area contributed by atoms with Gasteiger partial charge in [0.25, 0.3) is 5.91 Å². The Morgan fingerprint density at radius 1 is 1.30 bits per heavy atom. The molecule has 1 atom stereocenters. The Labute approximate surface area is 172 Å². The van der Waals surface area contributed by atoms with Crippen molar-refractivity contribution in [3.8, 4) is 11.4 Å². The molecule has 1 fully saturated rings. The van der Waals surface area contributed by atoms with Crippen LogP contribution in [-0.4, -0.2) is 55.7 Å². The van der Waals surface area contributed by atoms with E-state index in [9.17, 15) is 13.6 Å². The lowest BCUT2D eigenvalue weighted by Crippen LogP contribution is -2.39. The highest BCUT2D eigenvalue weighted by atomic mass is 19.3. The summed E-state index contributed by atoms with van der Waals surface area (Å²) in [5.41, 5.74) is 1.64. The molecule has 1 saturated heterocycles. The molecule has 156 valence electrons. The van der Waals surface area contributed by atoms with Crippen molar-refractivity contribution in [3.63, 3.8) is 0 Å². The van der Waals surface area contributed by atoms with Gasteiger partial charge in [-0.2, -0.15) is 13.9 Å². The number of hydrogen-bond donors (Lipinski definition) is 1. The number of halogens is 2. The Morgan fingerprint density at radius 2 is 2.17 bits per heavy atom. The van der Waals surface area contributed by atoms with Gasteiger partial charge >= 0.3 is 6.55 Å². The highest BCUT2D eigenvalue weighted by Gasteiger charge is 2.28. The molecule has 8 nitrogen and oxygen atoms in total. The molecule has 4 heterocycles. The summed E-state index contributed by atoms with van der Waals surface area (Å²) in [6.45, 7) is -1.78. The van der Waals surface area contributed by atoms with Crippen molar-refractivity contribution in [3.05, 3.63) is 54.2 Å². The van der Waals surface area contributed by atoms with Crippen LogP contribution in [0.4, 0.5) is 14.6 Å². The van der Waals surface area contributed by atoms with Gasteiger partial charge in [-0.25, -0.2) is 14.6 Å². The van der Waals surface area contributed by atoms with Gasteiger partial charge in [0.1, 0.15) is 5.82 Å². The summed E-state index contributed by atoms with van der Waals surface area (Å²) in [6.07, 6.45) is 6.15. The summed E-state index contributed by atoms with van der Waals surface area (Å²) in [6, 6.07) is 6.91. The van der Waals surface area contributed by atoms with Gasteiger partial charge in [-0.3, -0.25) is 9.78 Å². The van der Waals surface area contributed by atoms with Crippen LogP contribution in [0.1, 0.15) is 41.5 Å². The number of hydrogen-bond acceptors (Lipinski definition) is 6. The average molecular weight is 413 g/mol. The molecule has 0 aromatic carbocycles. The topological polar surface area (TPSA) is 88.8 Å². The quantitative estimate of drug-likeness (QED) is 0.691. The normalized spacial score (nSPS) is 16.7. The zero-order valence-electron chi connectivity index (χ0n) is 16.4. The highest BCUT2D eigenvalue weighted by molar-refractivity contribution is 5.92. The second-order valence-corrected chi connectivity index (χ2v) is 7.04. The molecule has 0 aliphatic carbocycles. The predicted molar refractivity (Wildman–Crippen MR) is 106 cm³/mol. The Hall–Kier alpha value is -3.43. The smallest absolute Gasteiger partial charge is 0.333 e. The SMILES string of the molecule is CNc1cc([C@@H]2CCCN(C(=O)c3ccn(C(F)F)n3)C2)nc(-c2cccnc2)n1. The van der Waals surface area contributed by atoms with E-state index in [1.807, 2.05) is 18.2 Å². The molecule has 10 heteroatoms. The first-order valence-electron chi connectivity index (χ1n) is 9.65. The van der Waals surface area contributed by atoms with Gasteiger partial charge in [0.15, 0.2) is 11.5 Å². The molecule has 0 radical (unpaired) electrons. The number of rotatable bonds is 5. The van der Waals surface area contributed by atoms with E-state index in [0.717, 1.165) is 30.3 Å². The average Bonchev–Trinajstić information content (AvgIpc) is 3.29. The monoisotopic (exact) mass is 413 g/mol. The van der Waals surface area contributed by atoms with E-state index < -0.39 is 6.55 Å². The molecule has 3 aromatic rings. The lowest BCUT2D eigenvalue weighted by Gasteiger charge is -2.32. The number of nitrogens with one attached hydrogen (secondary N) is 1. The fourth-order valence-corrected chi connectivity index (χ4v) is 3.55. The lowest BCUT2D eigenvalue weighted by atomic mass is 9.94. The number of piperidine rings is 1. The van der Waals surface area contributed by atoms with E-state index in [2.05, 4.69) is 20.4 Å². The van der Waals surface area contributed by atoms with Crippen LogP contribution < -0.4 is 5.32 Å². The van der Waals surface area contributed by atoms with Crippen molar-refractivity contribution < 1.29 is 13.6 Å². The minimum Gasteiger partial charge on any atom is -0.373 e. The van der Waals surface area contributed by atoms with Crippen LogP contribution in [0, 0.1) is 0 Å².